The summed E-state index contributed by atoms with van der Waals surface area (Å²) in [4.78, 5) is 15.6. The van der Waals surface area contributed by atoms with Crippen molar-refractivity contribution in [2.75, 3.05) is 5.32 Å². The van der Waals surface area contributed by atoms with Gasteiger partial charge < -0.3 is 10.3 Å². The molecule has 0 saturated heterocycles. The molecule has 7 heteroatoms. The molecule has 2 N–H and O–H groups in total. The van der Waals surface area contributed by atoms with Gasteiger partial charge in [0.1, 0.15) is 11.8 Å². The van der Waals surface area contributed by atoms with E-state index in [1.165, 1.54) is 6.33 Å². The van der Waals surface area contributed by atoms with E-state index in [4.69, 9.17) is 0 Å². The molecular weight excluding hydrogens is 290 g/mol. The maximum absolute atomic E-state index is 4.57. The van der Waals surface area contributed by atoms with Crippen molar-refractivity contribution in [3.63, 3.8) is 0 Å². The summed E-state index contributed by atoms with van der Waals surface area (Å²) < 4.78 is 1.82. The van der Waals surface area contributed by atoms with E-state index in [0.29, 0.717) is 12.2 Å². The molecule has 0 unspecified atom stereocenters. The molecule has 0 aliphatic rings. The highest BCUT2D eigenvalue weighted by Crippen LogP contribution is 2.23. The molecule has 0 atom stereocenters. The van der Waals surface area contributed by atoms with Gasteiger partial charge in [-0.2, -0.15) is 5.10 Å². The summed E-state index contributed by atoms with van der Waals surface area (Å²) in [6.45, 7) is 0.614. The smallest absolute Gasteiger partial charge is 0.182 e. The van der Waals surface area contributed by atoms with E-state index in [1.54, 1.807) is 6.33 Å². The van der Waals surface area contributed by atoms with Gasteiger partial charge in [-0.3, -0.25) is 4.68 Å². The number of benzene rings is 1. The zero-order chi connectivity index (χ0) is 15.6. The van der Waals surface area contributed by atoms with E-state index in [9.17, 15) is 0 Å². The molecule has 7 nitrogen and oxygen atoms in total. The molecule has 1 aromatic carbocycles. The number of nitrogens with one attached hydrogen (secondary N) is 2. The van der Waals surface area contributed by atoms with Crippen LogP contribution in [-0.4, -0.2) is 29.7 Å². The highest BCUT2D eigenvalue weighted by atomic mass is 15.3. The normalized spacial score (nSPS) is 11.0. The van der Waals surface area contributed by atoms with Crippen LogP contribution in [0, 0.1) is 0 Å². The minimum atomic E-state index is 0.614. The highest BCUT2D eigenvalue weighted by Gasteiger charge is 2.11. The number of aryl methyl sites for hydroxylation is 1. The van der Waals surface area contributed by atoms with Crippen molar-refractivity contribution in [3.8, 4) is 11.3 Å². The summed E-state index contributed by atoms with van der Waals surface area (Å²) in [7, 11) is 1.92. The van der Waals surface area contributed by atoms with Gasteiger partial charge in [0, 0.05) is 30.9 Å². The maximum atomic E-state index is 4.57. The molecule has 0 saturated carbocycles. The Labute approximate surface area is 132 Å². The van der Waals surface area contributed by atoms with Gasteiger partial charge in [-0.1, -0.05) is 30.3 Å². The lowest BCUT2D eigenvalue weighted by molar-refractivity contribution is 0.770. The van der Waals surface area contributed by atoms with E-state index < -0.39 is 0 Å². The van der Waals surface area contributed by atoms with E-state index >= 15 is 0 Å². The Hall–Kier alpha value is -3.22. The van der Waals surface area contributed by atoms with E-state index in [1.807, 2.05) is 36.1 Å². The number of H-pyrrole nitrogens is 1. The second kappa shape index (κ2) is 5.53. The quantitative estimate of drug-likeness (QED) is 0.604. The Kier molecular flexibility index (Phi) is 3.23. The van der Waals surface area contributed by atoms with Gasteiger partial charge >= 0.3 is 0 Å². The van der Waals surface area contributed by atoms with E-state index in [2.05, 4.69) is 42.5 Å². The van der Waals surface area contributed by atoms with Crippen LogP contribution in [0.4, 0.5) is 5.82 Å². The van der Waals surface area contributed by atoms with Crippen LogP contribution in [0.25, 0.3) is 22.4 Å². The van der Waals surface area contributed by atoms with Crippen LogP contribution in [0.3, 0.4) is 0 Å². The number of aromatic amines is 1. The Morgan fingerprint density at radius 1 is 1.13 bits per heavy atom. The standard InChI is InChI=1S/C16H15N7/c1-23-8-12(13(22-23)11-5-3-2-4-6-11)7-17-15-14-16(19-9-18-14)21-10-20-15/h2-6,8-10H,7H2,1H3,(H2,17,18,19,20,21). The fourth-order valence-electron chi connectivity index (χ4n) is 2.58. The minimum absolute atomic E-state index is 0.614. The van der Waals surface area contributed by atoms with Gasteiger partial charge in [-0.25, -0.2) is 15.0 Å². The number of anilines is 1. The first-order valence-corrected chi connectivity index (χ1v) is 7.27. The Morgan fingerprint density at radius 2 is 2.00 bits per heavy atom. The summed E-state index contributed by atoms with van der Waals surface area (Å²) in [6, 6.07) is 10.1. The second-order valence-corrected chi connectivity index (χ2v) is 5.22. The predicted octanol–water partition coefficient (Wildman–Crippen LogP) is 2.37. The van der Waals surface area contributed by atoms with Gasteiger partial charge in [0.15, 0.2) is 11.5 Å². The average Bonchev–Trinajstić information content (AvgIpc) is 3.20. The molecule has 0 spiro atoms. The van der Waals surface area contributed by atoms with Crippen molar-refractivity contribution in [2.45, 2.75) is 6.54 Å². The molecule has 0 fully saturated rings. The number of nitrogens with zero attached hydrogens (tertiary/aromatic N) is 5. The van der Waals surface area contributed by atoms with Crippen LogP contribution in [0.5, 0.6) is 0 Å². The first-order valence-electron chi connectivity index (χ1n) is 7.27. The molecular formula is C16H15N7. The van der Waals surface area contributed by atoms with Gasteiger partial charge in [-0.15, -0.1) is 0 Å². The summed E-state index contributed by atoms with van der Waals surface area (Å²) in [5, 5.41) is 7.91. The summed E-state index contributed by atoms with van der Waals surface area (Å²) in [5.41, 5.74) is 4.62. The lowest BCUT2D eigenvalue weighted by Gasteiger charge is -2.06. The zero-order valence-corrected chi connectivity index (χ0v) is 12.6. The number of fused-ring (bicyclic) bond motifs is 1. The van der Waals surface area contributed by atoms with Crippen molar-refractivity contribution in [1.82, 2.24) is 29.7 Å². The lowest BCUT2D eigenvalue weighted by Crippen LogP contribution is -2.03. The molecule has 4 aromatic rings. The Balaban J connectivity index is 1.64. The maximum Gasteiger partial charge on any atom is 0.182 e. The van der Waals surface area contributed by atoms with Crippen LogP contribution in [-0.2, 0) is 13.6 Å². The number of hydrogen-bond acceptors (Lipinski definition) is 5. The summed E-state index contributed by atoms with van der Waals surface area (Å²) in [5.74, 6) is 0.732. The van der Waals surface area contributed by atoms with Crippen LogP contribution in [0.2, 0.25) is 0 Å². The number of rotatable bonds is 4. The van der Waals surface area contributed by atoms with Gasteiger partial charge in [0.05, 0.1) is 12.0 Å². The van der Waals surface area contributed by atoms with Gasteiger partial charge in [-0.05, 0) is 0 Å². The molecule has 0 aliphatic carbocycles. The topological polar surface area (TPSA) is 84.3 Å². The molecule has 23 heavy (non-hydrogen) atoms. The fraction of sp³-hybridized carbons (Fsp3) is 0.125. The van der Waals surface area contributed by atoms with Crippen LogP contribution >= 0.6 is 0 Å². The zero-order valence-electron chi connectivity index (χ0n) is 12.6. The molecule has 114 valence electrons. The molecule has 3 heterocycles. The molecule has 0 amide bonds. The third-order valence-electron chi connectivity index (χ3n) is 3.62. The SMILES string of the molecule is Cn1cc(CNc2ncnc3nc[nH]c23)c(-c2ccccc2)n1. The van der Waals surface area contributed by atoms with Crippen LogP contribution < -0.4 is 5.32 Å². The van der Waals surface area contributed by atoms with Crippen molar-refractivity contribution in [1.29, 1.82) is 0 Å². The number of hydrogen-bond donors (Lipinski definition) is 2. The summed E-state index contributed by atoms with van der Waals surface area (Å²) in [6.07, 6.45) is 5.14. The second-order valence-electron chi connectivity index (χ2n) is 5.22. The molecule has 0 radical (unpaired) electrons. The van der Waals surface area contributed by atoms with Crippen molar-refractivity contribution in [2.24, 2.45) is 7.05 Å². The average molecular weight is 305 g/mol. The first kappa shape index (κ1) is 13.4. The third kappa shape index (κ3) is 2.52. The van der Waals surface area contributed by atoms with Crippen molar-refractivity contribution < 1.29 is 0 Å². The summed E-state index contributed by atoms with van der Waals surface area (Å²) >= 11 is 0. The largest absolute Gasteiger partial charge is 0.364 e. The number of imidazole rings is 1. The van der Waals surface area contributed by atoms with Crippen molar-refractivity contribution in [3.05, 3.63) is 54.7 Å². The minimum Gasteiger partial charge on any atom is -0.364 e. The van der Waals surface area contributed by atoms with Gasteiger partial charge in [0.25, 0.3) is 0 Å². The predicted molar refractivity (Wildman–Crippen MR) is 87.7 cm³/mol. The molecule has 3 aromatic heterocycles. The fourth-order valence-corrected chi connectivity index (χ4v) is 2.58. The molecule has 0 aliphatic heterocycles. The Bertz CT molecular complexity index is 939. The molecule has 4 rings (SSSR count). The lowest BCUT2D eigenvalue weighted by atomic mass is 10.1. The molecule has 0 bridgehead atoms. The van der Waals surface area contributed by atoms with E-state index in [0.717, 1.165) is 28.2 Å². The monoisotopic (exact) mass is 305 g/mol. The highest BCUT2D eigenvalue weighted by molar-refractivity contribution is 5.82. The van der Waals surface area contributed by atoms with Gasteiger partial charge in [0.2, 0.25) is 0 Å². The Morgan fingerprint density at radius 3 is 2.87 bits per heavy atom. The van der Waals surface area contributed by atoms with E-state index in [-0.39, 0.29) is 0 Å². The number of aromatic nitrogens is 6. The first-order chi connectivity index (χ1) is 11.3. The van der Waals surface area contributed by atoms with Crippen LogP contribution in [0.15, 0.2) is 49.2 Å². The van der Waals surface area contributed by atoms with Crippen LogP contribution in [0.1, 0.15) is 5.56 Å². The third-order valence-corrected chi connectivity index (χ3v) is 3.62. The van der Waals surface area contributed by atoms with Crippen molar-refractivity contribution >= 4 is 17.0 Å².